The molecule has 24 heavy (non-hydrogen) atoms. The van der Waals surface area contributed by atoms with Crippen LogP contribution in [0.2, 0.25) is 0 Å². The molecule has 122 valence electrons. The molecule has 0 bridgehead atoms. The van der Waals surface area contributed by atoms with Gasteiger partial charge in [0.05, 0.1) is 5.56 Å². The SMILES string of the molecule is Cn1cc(C(=O)NCC2(c3ccccc3)CCC2)c2ccccc21. The van der Waals surface area contributed by atoms with E-state index in [9.17, 15) is 4.79 Å². The number of nitrogens with zero attached hydrogens (tertiary/aromatic N) is 1. The van der Waals surface area contributed by atoms with Crippen LogP contribution in [0.5, 0.6) is 0 Å². The summed E-state index contributed by atoms with van der Waals surface area (Å²) in [4.78, 5) is 12.8. The summed E-state index contributed by atoms with van der Waals surface area (Å²) in [6, 6.07) is 18.6. The van der Waals surface area contributed by atoms with Gasteiger partial charge in [-0.2, -0.15) is 0 Å². The lowest BCUT2D eigenvalue weighted by atomic mass is 9.64. The van der Waals surface area contributed by atoms with Crippen LogP contribution in [0.15, 0.2) is 60.8 Å². The first-order chi connectivity index (χ1) is 11.7. The third-order valence-corrected chi connectivity index (χ3v) is 5.43. The molecule has 0 atom stereocenters. The van der Waals surface area contributed by atoms with Gasteiger partial charge in [0.2, 0.25) is 0 Å². The van der Waals surface area contributed by atoms with Crippen LogP contribution in [0.25, 0.3) is 10.9 Å². The van der Waals surface area contributed by atoms with Crippen molar-refractivity contribution in [3.63, 3.8) is 0 Å². The average Bonchev–Trinajstić information content (AvgIpc) is 2.92. The Balaban J connectivity index is 1.56. The molecule has 1 fully saturated rings. The van der Waals surface area contributed by atoms with Crippen LogP contribution in [0.4, 0.5) is 0 Å². The van der Waals surface area contributed by atoms with Gasteiger partial charge in [-0.3, -0.25) is 4.79 Å². The van der Waals surface area contributed by atoms with Crippen LogP contribution >= 0.6 is 0 Å². The highest BCUT2D eigenvalue weighted by Gasteiger charge is 2.38. The summed E-state index contributed by atoms with van der Waals surface area (Å²) < 4.78 is 2.01. The molecule has 1 heterocycles. The first kappa shape index (κ1) is 15.0. The number of amides is 1. The maximum atomic E-state index is 12.8. The van der Waals surface area contributed by atoms with E-state index in [2.05, 4.69) is 29.6 Å². The average molecular weight is 318 g/mol. The maximum Gasteiger partial charge on any atom is 0.253 e. The van der Waals surface area contributed by atoms with Crippen molar-refractivity contribution in [2.24, 2.45) is 7.05 Å². The molecule has 1 amide bonds. The standard InChI is InChI=1S/C21H22N2O/c1-23-14-18(17-10-5-6-11-19(17)23)20(24)22-15-21(12-7-13-21)16-8-3-2-4-9-16/h2-6,8-11,14H,7,12-13,15H2,1H3,(H,22,24). The molecular formula is C21H22N2O. The van der Waals surface area contributed by atoms with Gasteiger partial charge in [0, 0.05) is 36.1 Å². The third-order valence-electron chi connectivity index (χ3n) is 5.43. The molecule has 0 spiro atoms. The summed E-state index contributed by atoms with van der Waals surface area (Å²) in [6.07, 6.45) is 5.45. The molecule has 4 rings (SSSR count). The minimum absolute atomic E-state index is 0.0222. The number of nitrogens with one attached hydrogen (secondary N) is 1. The number of aromatic nitrogens is 1. The fourth-order valence-electron chi connectivity index (χ4n) is 3.83. The van der Waals surface area contributed by atoms with Gasteiger partial charge in [0.1, 0.15) is 0 Å². The highest BCUT2D eigenvalue weighted by Crippen LogP contribution is 2.43. The van der Waals surface area contributed by atoms with Crippen LogP contribution in [-0.4, -0.2) is 17.0 Å². The quantitative estimate of drug-likeness (QED) is 0.774. The molecule has 1 N–H and O–H groups in total. The third kappa shape index (κ3) is 2.41. The second-order valence-corrected chi connectivity index (χ2v) is 6.85. The molecule has 0 radical (unpaired) electrons. The van der Waals surface area contributed by atoms with E-state index in [1.54, 1.807) is 0 Å². The molecule has 3 nitrogen and oxygen atoms in total. The van der Waals surface area contributed by atoms with Gasteiger partial charge in [-0.1, -0.05) is 55.0 Å². The molecule has 3 aromatic rings. The molecule has 1 aliphatic rings. The van der Waals surface area contributed by atoms with Gasteiger partial charge in [0.15, 0.2) is 0 Å². The number of aryl methyl sites for hydroxylation is 1. The number of carbonyl (C=O) groups excluding carboxylic acids is 1. The van der Waals surface area contributed by atoms with E-state index in [-0.39, 0.29) is 11.3 Å². The van der Waals surface area contributed by atoms with Crippen molar-refractivity contribution in [3.8, 4) is 0 Å². The van der Waals surface area contributed by atoms with E-state index >= 15 is 0 Å². The zero-order chi connectivity index (χ0) is 16.6. The minimum Gasteiger partial charge on any atom is -0.351 e. The molecule has 0 saturated heterocycles. The monoisotopic (exact) mass is 318 g/mol. The number of carbonyl (C=O) groups is 1. The summed E-state index contributed by atoms with van der Waals surface area (Å²) in [5, 5.41) is 4.21. The molecule has 0 unspecified atom stereocenters. The van der Waals surface area contributed by atoms with E-state index < -0.39 is 0 Å². The Labute approximate surface area is 142 Å². The predicted molar refractivity (Wildman–Crippen MR) is 97.2 cm³/mol. The number of rotatable bonds is 4. The molecular weight excluding hydrogens is 296 g/mol. The lowest BCUT2D eigenvalue weighted by Crippen LogP contribution is -2.45. The van der Waals surface area contributed by atoms with Crippen molar-refractivity contribution in [1.82, 2.24) is 9.88 Å². The van der Waals surface area contributed by atoms with E-state index in [0.717, 1.165) is 29.3 Å². The van der Waals surface area contributed by atoms with Gasteiger partial charge in [-0.15, -0.1) is 0 Å². The van der Waals surface area contributed by atoms with Crippen molar-refractivity contribution in [2.75, 3.05) is 6.54 Å². The molecule has 0 aliphatic heterocycles. The van der Waals surface area contributed by atoms with Crippen molar-refractivity contribution in [1.29, 1.82) is 0 Å². The first-order valence-corrected chi connectivity index (χ1v) is 8.57. The van der Waals surface area contributed by atoms with Gasteiger partial charge >= 0.3 is 0 Å². The minimum atomic E-state index is 0.0222. The number of benzene rings is 2. The molecule has 1 aliphatic carbocycles. The van der Waals surface area contributed by atoms with E-state index in [0.29, 0.717) is 6.54 Å². The normalized spacial score (nSPS) is 15.9. The largest absolute Gasteiger partial charge is 0.351 e. The van der Waals surface area contributed by atoms with Crippen LogP contribution in [-0.2, 0) is 12.5 Å². The van der Waals surface area contributed by atoms with Crippen LogP contribution in [0.3, 0.4) is 0 Å². The van der Waals surface area contributed by atoms with Crippen molar-refractivity contribution in [3.05, 3.63) is 71.9 Å². The fraction of sp³-hybridized carbons (Fsp3) is 0.286. The zero-order valence-corrected chi connectivity index (χ0v) is 14.0. The number of para-hydroxylation sites is 1. The van der Waals surface area contributed by atoms with Crippen LogP contribution in [0, 0.1) is 0 Å². The van der Waals surface area contributed by atoms with Crippen LogP contribution < -0.4 is 5.32 Å². The number of fused-ring (bicyclic) bond motifs is 1. The molecule has 3 heteroatoms. The second-order valence-electron chi connectivity index (χ2n) is 6.85. The fourth-order valence-corrected chi connectivity index (χ4v) is 3.83. The predicted octanol–water partition coefficient (Wildman–Crippen LogP) is 4.03. The van der Waals surface area contributed by atoms with Crippen molar-refractivity contribution in [2.45, 2.75) is 24.7 Å². The first-order valence-electron chi connectivity index (χ1n) is 8.57. The highest BCUT2D eigenvalue weighted by molar-refractivity contribution is 6.07. The molecule has 1 saturated carbocycles. The zero-order valence-electron chi connectivity index (χ0n) is 14.0. The Morgan fingerprint density at radius 2 is 1.79 bits per heavy atom. The Morgan fingerprint density at radius 3 is 2.50 bits per heavy atom. The summed E-state index contributed by atoms with van der Waals surface area (Å²) in [7, 11) is 1.98. The van der Waals surface area contributed by atoms with Gasteiger partial charge in [-0.05, 0) is 24.5 Å². The van der Waals surface area contributed by atoms with Gasteiger partial charge < -0.3 is 9.88 Å². The van der Waals surface area contributed by atoms with E-state index in [1.165, 1.54) is 12.0 Å². The highest BCUT2D eigenvalue weighted by atomic mass is 16.1. The molecule has 2 aromatic carbocycles. The molecule has 1 aromatic heterocycles. The summed E-state index contributed by atoms with van der Waals surface area (Å²) >= 11 is 0. The van der Waals surface area contributed by atoms with Crippen LogP contribution in [0.1, 0.15) is 35.2 Å². The lowest BCUT2D eigenvalue weighted by Gasteiger charge is -2.42. The lowest BCUT2D eigenvalue weighted by molar-refractivity contribution is 0.0929. The van der Waals surface area contributed by atoms with Crippen molar-refractivity contribution >= 4 is 16.8 Å². The Kier molecular flexibility index (Phi) is 3.64. The topological polar surface area (TPSA) is 34.0 Å². The second kappa shape index (κ2) is 5.82. The summed E-state index contributed by atoms with van der Waals surface area (Å²) in [6.45, 7) is 0.707. The van der Waals surface area contributed by atoms with Crippen molar-refractivity contribution < 1.29 is 4.79 Å². The maximum absolute atomic E-state index is 12.8. The van der Waals surface area contributed by atoms with E-state index in [4.69, 9.17) is 0 Å². The Morgan fingerprint density at radius 1 is 1.08 bits per heavy atom. The summed E-state index contributed by atoms with van der Waals surface area (Å²) in [5.41, 5.74) is 3.30. The van der Waals surface area contributed by atoms with E-state index in [1.807, 2.05) is 48.1 Å². The number of hydrogen-bond donors (Lipinski definition) is 1. The van der Waals surface area contributed by atoms with Gasteiger partial charge in [-0.25, -0.2) is 0 Å². The smallest absolute Gasteiger partial charge is 0.253 e. The Bertz CT molecular complexity index is 875. The Hall–Kier alpha value is -2.55. The van der Waals surface area contributed by atoms with Gasteiger partial charge in [0.25, 0.3) is 5.91 Å². The summed E-state index contributed by atoms with van der Waals surface area (Å²) in [5.74, 6) is 0.0222. The number of hydrogen-bond acceptors (Lipinski definition) is 1.